The van der Waals surface area contributed by atoms with Gasteiger partial charge in [-0.1, -0.05) is 146 Å². The first-order chi connectivity index (χ1) is 28.7. The fraction of sp³-hybridized carbons (Fsp3) is 0. The Bertz CT molecular complexity index is 3580. The fourth-order valence-electron chi connectivity index (χ4n) is 8.62. The Hall–Kier alpha value is -7.89. The Morgan fingerprint density at radius 1 is 0.276 bits per heavy atom. The molecule has 0 radical (unpaired) electrons. The molecule has 3 aromatic heterocycles. The zero-order chi connectivity index (χ0) is 38.2. The largest absolute Gasteiger partial charge is 0.456 e. The van der Waals surface area contributed by atoms with Crippen molar-refractivity contribution in [2.75, 3.05) is 0 Å². The molecule has 3 heterocycles. The number of fused-ring (bicyclic) bond motifs is 8. The summed E-state index contributed by atoms with van der Waals surface area (Å²) >= 11 is 0. The van der Waals surface area contributed by atoms with Crippen molar-refractivity contribution in [3.8, 4) is 56.4 Å². The van der Waals surface area contributed by atoms with Crippen LogP contribution >= 0.6 is 0 Å². The summed E-state index contributed by atoms with van der Waals surface area (Å²) in [4.78, 5) is 15.5. The van der Waals surface area contributed by atoms with Crippen LogP contribution in [0.4, 0.5) is 0 Å². The van der Waals surface area contributed by atoms with Gasteiger partial charge < -0.3 is 8.83 Å². The van der Waals surface area contributed by atoms with Crippen LogP contribution in [-0.2, 0) is 0 Å². The molecule has 0 bridgehead atoms. The average molecular weight is 742 g/mol. The molecule has 0 aliphatic heterocycles. The molecular formula is C53H31N3O2. The molecule has 58 heavy (non-hydrogen) atoms. The lowest BCUT2D eigenvalue weighted by Gasteiger charge is -2.14. The Morgan fingerprint density at radius 3 is 1.66 bits per heavy atom. The first kappa shape index (κ1) is 32.4. The van der Waals surface area contributed by atoms with Crippen molar-refractivity contribution in [3.63, 3.8) is 0 Å². The monoisotopic (exact) mass is 741 g/mol. The molecule has 0 unspecified atom stereocenters. The smallest absolute Gasteiger partial charge is 0.164 e. The number of hydrogen-bond acceptors (Lipinski definition) is 5. The highest BCUT2D eigenvalue weighted by atomic mass is 16.3. The Morgan fingerprint density at radius 2 is 0.828 bits per heavy atom. The summed E-state index contributed by atoms with van der Waals surface area (Å²) in [6, 6.07) is 65.1. The van der Waals surface area contributed by atoms with Crippen LogP contribution in [0.1, 0.15) is 0 Å². The molecule has 5 nitrogen and oxygen atoms in total. The van der Waals surface area contributed by atoms with E-state index in [0.717, 1.165) is 93.6 Å². The third-order valence-corrected chi connectivity index (χ3v) is 11.3. The number of benzene rings is 9. The van der Waals surface area contributed by atoms with Crippen LogP contribution < -0.4 is 0 Å². The topological polar surface area (TPSA) is 65.0 Å². The second-order valence-electron chi connectivity index (χ2n) is 14.7. The molecule has 270 valence electrons. The van der Waals surface area contributed by atoms with E-state index >= 15 is 0 Å². The molecule has 0 fully saturated rings. The van der Waals surface area contributed by atoms with Gasteiger partial charge in [0.2, 0.25) is 0 Å². The zero-order valence-electron chi connectivity index (χ0n) is 31.1. The van der Waals surface area contributed by atoms with Gasteiger partial charge in [0.15, 0.2) is 17.5 Å². The molecule has 0 spiro atoms. The first-order valence-electron chi connectivity index (χ1n) is 19.4. The molecule has 0 aliphatic rings. The van der Waals surface area contributed by atoms with Crippen molar-refractivity contribution in [2.45, 2.75) is 0 Å². The Balaban J connectivity index is 1.03. The van der Waals surface area contributed by atoms with E-state index in [-0.39, 0.29) is 0 Å². The Labute approximate surface area is 332 Å². The number of hydrogen-bond donors (Lipinski definition) is 0. The van der Waals surface area contributed by atoms with Gasteiger partial charge in [0.1, 0.15) is 22.3 Å². The lowest BCUT2D eigenvalue weighted by molar-refractivity contribution is 0.668. The predicted octanol–water partition coefficient (Wildman–Crippen LogP) is 14.3. The highest BCUT2D eigenvalue weighted by molar-refractivity contribution is 6.17. The second-order valence-corrected chi connectivity index (χ2v) is 14.7. The maximum atomic E-state index is 6.60. The SMILES string of the molecule is c1ccc(-c2nc(-c3ccc(-c4cccc5oc6cc(-c7ccc8ccccc8c7)ccc6c45)c4ccccc34)nc(-c3cccc4oc5ccccc5c34)n2)cc1. The maximum Gasteiger partial charge on any atom is 0.164 e. The predicted molar refractivity (Wildman–Crippen MR) is 237 cm³/mol. The quantitative estimate of drug-likeness (QED) is 0.176. The van der Waals surface area contributed by atoms with Crippen molar-refractivity contribution in [1.29, 1.82) is 0 Å². The van der Waals surface area contributed by atoms with Gasteiger partial charge in [-0.2, -0.15) is 0 Å². The van der Waals surface area contributed by atoms with Gasteiger partial charge in [-0.05, 0) is 86.3 Å². The summed E-state index contributed by atoms with van der Waals surface area (Å²) in [5, 5.41) is 8.78. The number of para-hydroxylation sites is 1. The number of rotatable bonds is 5. The maximum absolute atomic E-state index is 6.60. The van der Waals surface area contributed by atoms with E-state index in [1.807, 2.05) is 60.7 Å². The van der Waals surface area contributed by atoms with Gasteiger partial charge in [0, 0.05) is 38.2 Å². The molecule has 12 aromatic rings. The van der Waals surface area contributed by atoms with Crippen molar-refractivity contribution in [2.24, 2.45) is 0 Å². The number of nitrogens with zero attached hydrogens (tertiary/aromatic N) is 3. The van der Waals surface area contributed by atoms with Crippen LogP contribution in [0.15, 0.2) is 197 Å². The molecule has 0 amide bonds. The zero-order valence-corrected chi connectivity index (χ0v) is 31.1. The molecule has 0 N–H and O–H groups in total. The molecule has 12 rings (SSSR count). The standard InChI is InChI=1S/C53H31N3O2/c1-2-13-33(14-3-1)51-54-52(56-53(55-51)44-20-11-23-47-50(44)42-18-8-9-21-45(42)57-47)41-29-28-39(37-16-6-7-17-38(37)41)40-19-10-22-46-49(40)43-27-26-36(31-48(43)58-46)35-25-24-32-12-4-5-15-34(32)30-35/h1-31H. The van der Waals surface area contributed by atoms with E-state index in [9.17, 15) is 0 Å². The third kappa shape index (κ3) is 5.14. The molecule has 0 aliphatic carbocycles. The molecule has 0 saturated heterocycles. The van der Waals surface area contributed by atoms with Gasteiger partial charge in [-0.15, -0.1) is 0 Å². The third-order valence-electron chi connectivity index (χ3n) is 11.3. The van der Waals surface area contributed by atoms with Crippen LogP contribution in [-0.4, -0.2) is 15.0 Å². The van der Waals surface area contributed by atoms with Crippen molar-refractivity contribution >= 4 is 65.4 Å². The van der Waals surface area contributed by atoms with Crippen LogP contribution in [0.2, 0.25) is 0 Å². The minimum absolute atomic E-state index is 0.590. The minimum atomic E-state index is 0.590. The van der Waals surface area contributed by atoms with Gasteiger partial charge in [-0.25, -0.2) is 15.0 Å². The lowest BCUT2D eigenvalue weighted by atomic mass is 9.92. The highest BCUT2D eigenvalue weighted by Crippen LogP contribution is 2.43. The van der Waals surface area contributed by atoms with Crippen LogP contribution in [0.3, 0.4) is 0 Å². The van der Waals surface area contributed by atoms with Crippen molar-refractivity contribution in [3.05, 3.63) is 188 Å². The fourth-order valence-corrected chi connectivity index (χ4v) is 8.62. The summed E-state index contributed by atoms with van der Waals surface area (Å²) in [6.45, 7) is 0. The molecule has 5 heteroatoms. The van der Waals surface area contributed by atoms with Gasteiger partial charge in [0.25, 0.3) is 0 Å². The average Bonchev–Trinajstić information content (AvgIpc) is 3.87. The second kappa shape index (κ2) is 12.8. The van der Waals surface area contributed by atoms with E-state index in [2.05, 4.69) is 127 Å². The summed E-state index contributed by atoms with van der Waals surface area (Å²) in [7, 11) is 0. The van der Waals surface area contributed by atoms with Gasteiger partial charge in [-0.3, -0.25) is 0 Å². The normalized spacial score (nSPS) is 11.8. The number of furan rings is 2. The van der Waals surface area contributed by atoms with E-state index < -0.39 is 0 Å². The minimum Gasteiger partial charge on any atom is -0.456 e. The summed E-state index contributed by atoms with van der Waals surface area (Å²) in [5.41, 5.74) is 10.6. The van der Waals surface area contributed by atoms with Crippen LogP contribution in [0.25, 0.3) is 122 Å². The lowest BCUT2D eigenvalue weighted by Crippen LogP contribution is -2.01. The van der Waals surface area contributed by atoms with Crippen LogP contribution in [0.5, 0.6) is 0 Å². The summed E-state index contributed by atoms with van der Waals surface area (Å²) in [5.74, 6) is 1.80. The van der Waals surface area contributed by atoms with Gasteiger partial charge in [0.05, 0.1) is 0 Å². The molecule has 9 aromatic carbocycles. The van der Waals surface area contributed by atoms with Gasteiger partial charge >= 0.3 is 0 Å². The number of aromatic nitrogens is 3. The summed E-state index contributed by atoms with van der Waals surface area (Å²) in [6.07, 6.45) is 0. The van der Waals surface area contributed by atoms with Crippen molar-refractivity contribution in [1.82, 2.24) is 15.0 Å². The van der Waals surface area contributed by atoms with E-state index in [0.29, 0.717) is 17.5 Å². The first-order valence-corrected chi connectivity index (χ1v) is 19.4. The van der Waals surface area contributed by atoms with E-state index in [1.165, 1.54) is 10.8 Å². The van der Waals surface area contributed by atoms with Crippen LogP contribution in [0, 0.1) is 0 Å². The molecule has 0 atom stereocenters. The highest BCUT2D eigenvalue weighted by Gasteiger charge is 2.21. The molecular weight excluding hydrogens is 711 g/mol. The van der Waals surface area contributed by atoms with Crippen molar-refractivity contribution < 1.29 is 8.83 Å². The Kier molecular flexibility index (Phi) is 7.16. The summed E-state index contributed by atoms with van der Waals surface area (Å²) < 4.78 is 12.9. The van der Waals surface area contributed by atoms with E-state index in [1.54, 1.807) is 0 Å². The molecule has 0 saturated carbocycles. The van der Waals surface area contributed by atoms with E-state index in [4.69, 9.17) is 23.8 Å².